The van der Waals surface area contributed by atoms with Gasteiger partial charge in [-0.15, -0.1) is 0 Å². The lowest BCUT2D eigenvalue weighted by Crippen LogP contribution is -2.48. The average molecular weight is 250 g/mol. The molecule has 1 saturated heterocycles. The Bertz CT molecular complexity index is 347. The molecular weight excluding hydrogens is 232 g/mol. The van der Waals surface area contributed by atoms with Crippen molar-refractivity contribution < 1.29 is 18.3 Å². The molecule has 94 valence electrons. The van der Waals surface area contributed by atoms with E-state index < -0.39 is 21.5 Å². The van der Waals surface area contributed by atoms with Gasteiger partial charge >= 0.3 is 5.97 Å². The smallest absolute Gasteiger partial charge is 0.303 e. The van der Waals surface area contributed by atoms with Crippen LogP contribution in [0.15, 0.2) is 0 Å². The first-order valence-electron chi connectivity index (χ1n) is 5.27. The molecular formula is C9H18N2O4S. The van der Waals surface area contributed by atoms with E-state index in [1.807, 2.05) is 6.92 Å². The molecule has 0 saturated carbocycles. The summed E-state index contributed by atoms with van der Waals surface area (Å²) in [6.07, 6.45) is 0.787. The van der Waals surface area contributed by atoms with Crippen molar-refractivity contribution >= 4 is 16.0 Å². The predicted molar refractivity (Wildman–Crippen MR) is 59.7 cm³/mol. The van der Waals surface area contributed by atoms with Crippen molar-refractivity contribution in [1.82, 2.24) is 10.0 Å². The minimum Gasteiger partial charge on any atom is -0.481 e. The van der Waals surface area contributed by atoms with E-state index in [4.69, 9.17) is 5.11 Å². The lowest BCUT2D eigenvalue weighted by molar-refractivity contribution is -0.137. The van der Waals surface area contributed by atoms with E-state index in [1.54, 1.807) is 0 Å². The van der Waals surface area contributed by atoms with Gasteiger partial charge in [0.1, 0.15) is 0 Å². The molecule has 1 fully saturated rings. The highest BCUT2D eigenvalue weighted by atomic mass is 32.2. The number of hydrogen-bond acceptors (Lipinski definition) is 4. The van der Waals surface area contributed by atoms with Gasteiger partial charge in [0.15, 0.2) is 0 Å². The molecule has 0 amide bonds. The van der Waals surface area contributed by atoms with Crippen molar-refractivity contribution in [3.63, 3.8) is 0 Å². The number of aliphatic carboxylic acids is 1. The summed E-state index contributed by atoms with van der Waals surface area (Å²) < 4.78 is 25.9. The van der Waals surface area contributed by atoms with Crippen LogP contribution < -0.4 is 10.0 Å². The SMILES string of the molecule is CC1(NS(=O)(=O)CCCC(=O)O)CCNC1. The largest absolute Gasteiger partial charge is 0.481 e. The maximum absolute atomic E-state index is 11.6. The Balaban J connectivity index is 2.42. The highest BCUT2D eigenvalue weighted by molar-refractivity contribution is 7.89. The van der Waals surface area contributed by atoms with Gasteiger partial charge < -0.3 is 10.4 Å². The third-order valence-corrected chi connectivity index (χ3v) is 4.20. The summed E-state index contributed by atoms with van der Waals surface area (Å²) in [5.41, 5.74) is -0.429. The van der Waals surface area contributed by atoms with Crippen molar-refractivity contribution in [2.24, 2.45) is 0 Å². The molecule has 1 aliphatic rings. The average Bonchev–Trinajstić information content (AvgIpc) is 2.49. The Labute approximate surface area is 95.5 Å². The Morgan fingerprint density at radius 3 is 2.75 bits per heavy atom. The Kier molecular flexibility index (Phi) is 4.28. The zero-order valence-electron chi connectivity index (χ0n) is 9.32. The van der Waals surface area contributed by atoms with Crippen molar-refractivity contribution in [2.75, 3.05) is 18.8 Å². The number of carboxylic acids is 1. The Morgan fingerprint density at radius 1 is 1.56 bits per heavy atom. The molecule has 0 radical (unpaired) electrons. The predicted octanol–water partition coefficient (Wildman–Crippen LogP) is -0.477. The van der Waals surface area contributed by atoms with Crippen LogP contribution in [0.4, 0.5) is 0 Å². The zero-order chi connectivity index (χ0) is 12.2. The first-order chi connectivity index (χ1) is 7.33. The highest BCUT2D eigenvalue weighted by Gasteiger charge is 2.32. The molecule has 0 spiro atoms. The number of nitrogens with one attached hydrogen (secondary N) is 2. The van der Waals surface area contributed by atoms with Gasteiger partial charge in [0.25, 0.3) is 0 Å². The van der Waals surface area contributed by atoms with Crippen molar-refractivity contribution in [3.05, 3.63) is 0 Å². The molecule has 1 atom stereocenters. The van der Waals surface area contributed by atoms with Gasteiger partial charge in [-0.2, -0.15) is 0 Å². The van der Waals surface area contributed by atoms with Crippen LogP contribution in [0.25, 0.3) is 0 Å². The number of carboxylic acid groups (broad SMARTS) is 1. The van der Waals surface area contributed by atoms with Gasteiger partial charge in [-0.05, 0) is 26.3 Å². The van der Waals surface area contributed by atoms with E-state index in [-0.39, 0.29) is 18.6 Å². The Hall–Kier alpha value is -0.660. The fraction of sp³-hybridized carbons (Fsp3) is 0.889. The summed E-state index contributed by atoms with van der Waals surface area (Å²) >= 11 is 0. The standard InChI is InChI=1S/C9H18N2O4S/c1-9(4-5-10-7-9)11-16(14,15)6-2-3-8(12)13/h10-11H,2-7H2,1H3,(H,12,13). The Morgan fingerprint density at radius 2 is 2.25 bits per heavy atom. The van der Waals surface area contributed by atoms with E-state index in [9.17, 15) is 13.2 Å². The quantitative estimate of drug-likeness (QED) is 0.592. The third kappa shape index (κ3) is 4.46. The van der Waals surface area contributed by atoms with Crippen molar-refractivity contribution in [2.45, 2.75) is 31.7 Å². The molecule has 7 heteroatoms. The summed E-state index contributed by atoms with van der Waals surface area (Å²) in [7, 11) is -3.37. The van der Waals surface area contributed by atoms with Gasteiger partial charge in [-0.3, -0.25) is 4.79 Å². The van der Waals surface area contributed by atoms with Gasteiger partial charge in [0.2, 0.25) is 10.0 Å². The minimum absolute atomic E-state index is 0.115. The van der Waals surface area contributed by atoms with E-state index in [0.29, 0.717) is 6.54 Å². The lowest BCUT2D eigenvalue weighted by Gasteiger charge is -2.23. The molecule has 1 aliphatic heterocycles. The van der Waals surface area contributed by atoms with E-state index in [1.165, 1.54) is 0 Å². The van der Waals surface area contributed by atoms with E-state index in [0.717, 1.165) is 13.0 Å². The lowest BCUT2D eigenvalue weighted by atomic mass is 10.0. The molecule has 1 heterocycles. The third-order valence-electron chi connectivity index (χ3n) is 2.57. The van der Waals surface area contributed by atoms with Crippen LogP contribution in [0.1, 0.15) is 26.2 Å². The van der Waals surface area contributed by atoms with Crippen LogP contribution in [-0.2, 0) is 14.8 Å². The van der Waals surface area contributed by atoms with Crippen LogP contribution >= 0.6 is 0 Å². The molecule has 3 N–H and O–H groups in total. The number of sulfonamides is 1. The molecule has 0 aromatic rings. The number of rotatable bonds is 6. The second-order valence-electron chi connectivity index (χ2n) is 4.41. The maximum Gasteiger partial charge on any atom is 0.303 e. The van der Waals surface area contributed by atoms with Gasteiger partial charge in [-0.1, -0.05) is 0 Å². The first kappa shape index (κ1) is 13.4. The molecule has 0 aliphatic carbocycles. The summed E-state index contributed by atoms with van der Waals surface area (Å²) in [4.78, 5) is 10.3. The number of carbonyl (C=O) groups is 1. The molecule has 1 rings (SSSR count). The fourth-order valence-corrected chi connectivity index (χ4v) is 3.30. The van der Waals surface area contributed by atoms with Crippen LogP contribution in [0.5, 0.6) is 0 Å². The topological polar surface area (TPSA) is 95.5 Å². The summed E-state index contributed by atoms with van der Waals surface area (Å²) in [6.45, 7) is 3.26. The zero-order valence-corrected chi connectivity index (χ0v) is 10.1. The van der Waals surface area contributed by atoms with Crippen molar-refractivity contribution in [1.29, 1.82) is 0 Å². The van der Waals surface area contributed by atoms with E-state index in [2.05, 4.69) is 10.0 Å². The molecule has 16 heavy (non-hydrogen) atoms. The van der Waals surface area contributed by atoms with Crippen LogP contribution in [0, 0.1) is 0 Å². The second-order valence-corrected chi connectivity index (χ2v) is 6.25. The molecule has 0 bridgehead atoms. The van der Waals surface area contributed by atoms with Crippen LogP contribution in [0.3, 0.4) is 0 Å². The van der Waals surface area contributed by atoms with Gasteiger partial charge in [0.05, 0.1) is 5.75 Å². The number of hydrogen-bond donors (Lipinski definition) is 3. The van der Waals surface area contributed by atoms with Crippen LogP contribution in [0.2, 0.25) is 0 Å². The van der Waals surface area contributed by atoms with Gasteiger partial charge in [0, 0.05) is 18.5 Å². The van der Waals surface area contributed by atoms with Crippen LogP contribution in [-0.4, -0.2) is 43.9 Å². The molecule has 0 aromatic heterocycles. The monoisotopic (exact) mass is 250 g/mol. The minimum atomic E-state index is -3.37. The molecule has 0 aromatic carbocycles. The maximum atomic E-state index is 11.6. The highest BCUT2D eigenvalue weighted by Crippen LogP contribution is 2.15. The van der Waals surface area contributed by atoms with Gasteiger partial charge in [-0.25, -0.2) is 13.1 Å². The molecule has 6 nitrogen and oxygen atoms in total. The fourth-order valence-electron chi connectivity index (χ4n) is 1.74. The summed E-state index contributed by atoms with van der Waals surface area (Å²) in [5.74, 6) is -1.10. The first-order valence-corrected chi connectivity index (χ1v) is 6.92. The normalized spacial score (nSPS) is 25.8. The molecule has 1 unspecified atom stereocenters. The van der Waals surface area contributed by atoms with E-state index >= 15 is 0 Å². The summed E-state index contributed by atoms with van der Waals surface area (Å²) in [6, 6.07) is 0. The van der Waals surface area contributed by atoms with Crippen molar-refractivity contribution in [3.8, 4) is 0 Å². The summed E-state index contributed by atoms with van der Waals surface area (Å²) in [5, 5.41) is 11.5. The second kappa shape index (κ2) is 5.11.